The molecule has 7 heteroatoms. The molecule has 4 nitrogen and oxygen atoms in total. The normalized spacial score (nSPS) is 10.2. The fourth-order valence-electron chi connectivity index (χ4n) is 1.41. The largest absolute Gasteiger partial charge is 0.466 e. The van der Waals surface area contributed by atoms with Crippen molar-refractivity contribution in [1.82, 2.24) is 4.98 Å². The van der Waals surface area contributed by atoms with Crippen LogP contribution < -0.4 is 0 Å². The first kappa shape index (κ1) is 14.3. The van der Waals surface area contributed by atoms with Crippen LogP contribution in [0.1, 0.15) is 30.0 Å². The first-order chi connectivity index (χ1) is 8.51. The highest BCUT2D eigenvalue weighted by molar-refractivity contribution is 6.30. The van der Waals surface area contributed by atoms with E-state index in [2.05, 4.69) is 9.72 Å². The molecule has 1 aromatic heterocycles. The predicted molar refractivity (Wildman–Crippen MR) is 59.3 cm³/mol. The summed E-state index contributed by atoms with van der Waals surface area (Å²) < 4.78 is 30.5. The lowest BCUT2D eigenvalue weighted by Gasteiger charge is -2.11. The number of aromatic nitrogens is 1. The summed E-state index contributed by atoms with van der Waals surface area (Å²) in [4.78, 5) is 14.9. The Hall–Kier alpha value is -1.74. The zero-order chi connectivity index (χ0) is 13.7. The second-order valence-electron chi connectivity index (χ2n) is 3.25. The Labute approximate surface area is 107 Å². The Kier molecular flexibility index (Phi) is 4.98. The van der Waals surface area contributed by atoms with E-state index in [1.165, 1.54) is 0 Å². The lowest BCUT2D eigenvalue weighted by Crippen LogP contribution is -2.11. The number of hydrogen-bond acceptors (Lipinski definition) is 4. The summed E-state index contributed by atoms with van der Waals surface area (Å²) in [7, 11) is 0. The molecular weight excluding hydrogens is 266 g/mol. The maximum Gasteiger partial charge on any atom is 0.310 e. The van der Waals surface area contributed by atoms with Gasteiger partial charge >= 0.3 is 5.97 Å². The Bertz CT molecular complexity index is 501. The van der Waals surface area contributed by atoms with E-state index >= 15 is 0 Å². The highest BCUT2D eigenvalue weighted by Crippen LogP contribution is 2.30. The molecule has 0 aliphatic heterocycles. The number of rotatable bonds is 4. The molecule has 0 saturated carbocycles. The van der Waals surface area contributed by atoms with Crippen LogP contribution >= 0.6 is 11.6 Å². The summed E-state index contributed by atoms with van der Waals surface area (Å²) in [6.45, 7) is 1.73. The van der Waals surface area contributed by atoms with Crippen LogP contribution in [0.5, 0.6) is 0 Å². The molecule has 0 bridgehead atoms. The molecule has 0 atom stereocenters. The van der Waals surface area contributed by atoms with E-state index in [-0.39, 0.29) is 22.9 Å². The average molecular weight is 275 g/mol. The summed E-state index contributed by atoms with van der Waals surface area (Å²) in [5, 5.41) is 8.51. The number of pyridine rings is 1. The molecule has 96 valence electrons. The van der Waals surface area contributed by atoms with Gasteiger partial charge in [0.25, 0.3) is 6.43 Å². The third-order valence-corrected chi connectivity index (χ3v) is 2.46. The number of nitrogens with zero attached hydrogens (tertiary/aromatic N) is 2. The van der Waals surface area contributed by atoms with Gasteiger partial charge in [0, 0.05) is 17.3 Å². The van der Waals surface area contributed by atoms with Gasteiger partial charge in [-0.3, -0.25) is 4.79 Å². The number of halogens is 3. The van der Waals surface area contributed by atoms with Gasteiger partial charge in [0.15, 0.2) is 0 Å². The minimum Gasteiger partial charge on any atom is -0.466 e. The van der Waals surface area contributed by atoms with Gasteiger partial charge in [-0.1, -0.05) is 11.6 Å². The monoisotopic (exact) mass is 274 g/mol. The minimum absolute atomic E-state index is 0.131. The Morgan fingerprint density at radius 2 is 2.33 bits per heavy atom. The molecule has 0 amide bonds. The van der Waals surface area contributed by atoms with Crippen molar-refractivity contribution < 1.29 is 18.3 Å². The molecule has 0 aliphatic rings. The van der Waals surface area contributed by atoms with E-state index < -0.39 is 24.4 Å². The van der Waals surface area contributed by atoms with Crippen molar-refractivity contribution in [3.8, 4) is 6.07 Å². The molecule has 0 N–H and O–H groups in total. The maximum atomic E-state index is 12.9. The molecule has 0 saturated heterocycles. The first-order valence-electron chi connectivity index (χ1n) is 5.02. The van der Waals surface area contributed by atoms with E-state index in [1.807, 2.05) is 0 Å². The van der Waals surface area contributed by atoms with Crippen LogP contribution in [0.25, 0.3) is 0 Å². The Morgan fingerprint density at radius 3 is 2.83 bits per heavy atom. The molecule has 1 heterocycles. The summed E-state index contributed by atoms with van der Waals surface area (Å²) in [6.07, 6.45) is -2.39. The summed E-state index contributed by atoms with van der Waals surface area (Å²) in [5.41, 5.74) is -1.02. The summed E-state index contributed by atoms with van der Waals surface area (Å²) in [6, 6.07) is 1.60. The molecule has 0 radical (unpaired) electrons. The highest BCUT2D eigenvalue weighted by Gasteiger charge is 2.23. The van der Waals surface area contributed by atoms with Gasteiger partial charge < -0.3 is 4.74 Å². The average Bonchev–Trinajstić information content (AvgIpc) is 2.31. The van der Waals surface area contributed by atoms with Gasteiger partial charge in [-0.2, -0.15) is 5.26 Å². The molecule has 18 heavy (non-hydrogen) atoms. The number of hydrogen-bond donors (Lipinski definition) is 0. The van der Waals surface area contributed by atoms with Gasteiger partial charge in [-0.15, -0.1) is 0 Å². The smallest absolute Gasteiger partial charge is 0.310 e. The number of carbonyl (C=O) groups is 1. The Balaban J connectivity index is 3.24. The number of alkyl halides is 2. The molecule has 0 unspecified atom stereocenters. The molecule has 0 spiro atoms. The van der Waals surface area contributed by atoms with Crippen molar-refractivity contribution in [2.45, 2.75) is 19.8 Å². The number of carbonyl (C=O) groups excluding carboxylic acids is 1. The van der Waals surface area contributed by atoms with Gasteiger partial charge in [0.1, 0.15) is 11.2 Å². The Morgan fingerprint density at radius 1 is 1.67 bits per heavy atom. The van der Waals surface area contributed by atoms with Crippen LogP contribution in [-0.2, 0) is 16.0 Å². The van der Waals surface area contributed by atoms with Crippen LogP contribution in [0.4, 0.5) is 8.78 Å². The van der Waals surface area contributed by atoms with Gasteiger partial charge in [-0.05, 0) is 6.92 Å². The van der Waals surface area contributed by atoms with Crippen molar-refractivity contribution in [2.24, 2.45) is 0 Å². The number of nitriles is 1. The van der Waals surface area contributed by atoms with E-state index in [1.54, 1.807) is 13.0 Å². The lowest BCUT2D eigenvalue weighted by atomic mass is 10.0. The first-order valence-corrected chi connectivity index (χ1v) is 5.40. The molecule has 0 aromatic carbocycles. The minimum atomic E-state index is -2.91. The van der Waals surface area contributed by atoms with Crippen molar-refractivity contribution in [1.29, 1.82) is 5.26 Å². The van der Waals surface area contributed by atoms with Crippen LogP contribution in [0.3, 0.4) is 0 Å². The molecule has 1 aromatic rings. The van der Waals surface area contributed by atoms with Crippen molar-refractivity contribution in [2.75, 3.05) is 6.61 Å². The standard InChI is InChI=1S/C11H9ClF2N2O2/c1-2-18-8(17)3-7-9(11(13)14)6(4-15)5-16-10(7)12/h5,11H,2-3H2,1H3. The zero-order valence-electron chi connectivity index (χ0n) is 9.41. The quantitative estimate of drug-likeness (QED) is 0.625. The molecule has 0 fully saturated rings. The van der Waals surface area contributed by atoms with Crippen LogP contribution in [0.2, 0.25) is 5.15 Å². The SMILES string of the molecule is CCOC(=O)Cc1c(Cl)ncc(C#N)c1C(F)F. The van der Waals surface area contributed by atoms with E-state index in [9.17, 15) is 13.6 Å². The van der Waals surface area contributed by atoms with Crippen LogP contribution in [0, 0.1) is 11.3 Å². The third-order valence-electron chi connectivity index (χ3n) is 2.14. The van der Waals surface area contributed by atoms with Crippen molar-refractivity contribution >= 4 is 17.6 Å². The van der Waals surface area contributed by atoms with Gasteiger partial charge in [0.2, 0.25) is 0 Å². The number of ether oxygens (including phenoxy) is 1. The van der Waals surface area contributed by atoms with Crippen LogP contribution in [-0.4, -0.2) is 17.6 Å². The fraction of sp³-hybridized carbons (Fsp3) is 0.364. The van der Waals surface area contributed by atoms with Gasteiger partial charge in [0.05, 0.1) is 18.6 Å². The fourth-order valence-corrected chi connectivity index (χ4v) is 1.62. The highest BCUT2D eigenvalue weighted by atomic mass is 35.5. The van der Waals surface area contributed by atoms with E-state index in [4.69, 9.17) is 16.9 Å². The molecule has 0 aliphatic carbocycles. The number of esters is 1. The second kappa shape index (κ2) is 6.26. The molecule has 1 rings (SSSR count). The predicted octanol–water partition coefficient (Wildman–Crippen LogP) is 2.65. The molecular formula is C11H9ClF2N2O2. The second-order valence-corrected chi connectivity index (χ2v) is 3.61. The maximum absolute atomic E-state index is 12.9. The summed E-state index contributed by atoms with van der Waals surface area (Å²) >= 11 is 5.69. The lowest BCUT2D eigenvalue weighted by molar-refractivity contribution is -0.142. The van der Waals surface area contributed by atoms with Crippen molar-refractivity contribution in [3.05, 3.63) is 28.0 Å². The van der Waals surface area contributed by atoms with E-state index in [0.29, 0.717) is 0 Å². The van der Waals surface area contributed by atoms with Crippen LogP contribution in [0.15, 0.2) is 6.20 Å². The third kappa shape index (κ3) is 3.14. The van der Waals surface area contributed by atoms with Gasteiger partial charge in [-0.25, -0.2) is 13.8 Å². The summed E-state index contributed by atoms with van der Waals surface area (Å²) in [5.74, 6) is -0.696. The topological polar surface area (TPSA) is 63.0 Å². The van der Waals surface area contributed by atoms with E-state index in [0.717, 1.165) is 6.20 Å². The zero-order valence-corrected chi connectivity index (χ0v) is 10.2. The van der Waals surface area contributed by atoms with Crippen molar-refractivity contribution in [3.63, 3.8) is 0 Å².